The van der Waals surface area contributed by atoms with Crippen molar-refractivity contribution in [1.29, 1.82) is 0 Å². The standard InChI is InChI=1S/C19H22O4/c1-6-10-13-14(22-16(10)21)15-17(3)9-8-12(20)18(4,11(17)7-2)19(15,5)23-13/h6-9,11,13-15H,2H2,1,3-5H3/b10-6+/t11-,13+,14-,15+,17-,18-,19+/m1/s1. The summed E-state index contributed by atoms with van der Waals surface area (Å²) in [4.78, 5) is 25.0. The van der Waals surface area contributed by atoms with Gasteiger partial charge < -0.3 is 9.47 Å². The molecule has 2 aliphatic heterocycles. The van der Waals surface area contributed by atoms with Crippen molar-refractivity contribution in [3.63, 3.8) is 0 Å². The number of esters is 1. The van der Waals surface area contributed by atoms with Gasteiger partial charge in [-0.05, 0) is 26.8 Å². The van der Waals surface area contributed by atoms with E-state index in [1.54, 1.807) is 12.2 Å². The Morgan fingerprint density at radius 3 is 2.57 bits per heavy atom. The topological polar surface area (TPSA) is 52.6 Å². The van der Waals surface area contributed by atoms with Gasteiger partial charge in [0.05, 0.1) is 16.6 Å². The van der Waals surface area contributed by atoms with Gasteiger partial charge in [0.2, 0.25) is 0 Å². The smallest absolute Gasteiger partial charge is 0.336 e. The Morgan fingerprint density at radius 2 is 1.96 bits per heavy atom. The van der Waals surface area contributed by atoms with Crippen LogP contribution >= 0.6 is 0 Å². The van der Waals surface area contributed by atoms with Crippen LogP contribution in [-0.4, -0.2) is 29.6 Å². The summed E-state index contributed by atoms with van der Waals surface area (Å²) in [5, 5.41) is 0. The van der Waals surface area contributed by atoms with Crippen LogP contribution in [0.1, 0.15) is 27.7 Å². The summed E-state index contributed by atoms with van der Waals surface area (Å²) in [5.41, 5.74) is -1.13. The van der Waals surface area contributed by atoms with E-state index in [9.17, 15) is 9.59 Å². The predicted molar refractivity (Wildman–Crippen MR) is 84.5 cm³/mol. The van der Waals surface area contributed by atoms with Crippen LogP contribution in [0.4, 0.5) is 0 Å². The van der Waals surface area contributed by atoms with Crippen molar-refractivity contribution in [3.05, 3.63) is 36.5 Å². The van der Waals surface area contributed by atoms with Gasteiger partial charge in [-0.1, -0.05) is 25.2 Å². The molecule has 2 saturated heterocycles. The fourth-order valence-corrected chi connectivity index (χ4v) is 5.89. The minimum Gasteiger partial charge on any atom is -0.455 e. The van der Waals surface area contributed by atoms with E-state index in [-0.39, 0.29) is 41.2 Å². The van der Waals surface area contributed by atoms with Gasteiger partial charge in [0.15, 0.2) is 5.78 Å². The number of carbonyl (C=O) groups excluding carboxylic acids is 2. The number of fused-ring (bicyclic) bond motifs is 7. The van der Waals surface area contributed by atoms with Crippen LogP contribution < -0.4 is 0 Å². The van der Waals surface area contributed by atoms with E-state index in [1.165, 1.54) is 0 Å². The lowest BCUT2D eigenvalue weighted by molar-refractivity contribution is -0.147. The maximum atomic E-state index is 12.8. The van der Waals surface area contributed by atoms with Crippen molar-refractivity contribution in [2.24, 2.45) is 22.7 Å². The maximum Gasteiger partial charge on any atom is 0.336 e. The second kappa shape index (κ2) is 4.04. The predicted octanol–water partition coefficient (Wildman–Crippen LogP) is 2.60. The Morgan fingerprint density at radius 1 is 1.26 bits per heavy atom. The third-order valence-corrected chi connectivity index (χ3v) is 7.02. The number of rotatable bonds is 1. The molecule has 0 aromatic rings. The highest BCUT2D eigenvalue weighted by atomic mass is 16.6. The number of allylic oxidation sites excluding steroid dienone is 4. The van der Waals surface area contributed by atoms with Crippen LogP contribution in [-0.2, 0) is 19.1 Å². The van der Waals surface area contributed by atoms with Crippen molar-refractivity contribution in [1.82, 2.24) is 0 Å². The van der Waals surface area contributed by atoms with Gasteiger partial charge >= 0.3 is 5.97 Å². The van der Waals surface area contributed by atoms with Crippen molar-refractivity contribution in [3.8, 4) is 0 Å². The third kappa shape index (κ3) is 1.30. The molecule has 4 rings (SSSR count). The molecule has 1 saturated carbocycles. The third-order valence-electron chi connectivity index (χ3n) is 7.02. The van der Waals surface area contributed by atoms with Crippen LogP contribution in [0.25, 0.3) is 0 Å². The molecule has 0 N–H and O–H groups in total. The van der Waals surface area contributed by atoms with Gasteiger partial charge in [-0.25, -0.2) is 4.79 Å². The van der Waals surface area contributed by atoms with Gasteiger partial charge in [0.1, 0.15) is 12.2 Å². The highest BCUT2D eigenvalue weighted by molar-refractivity contribution is 5.99. The number of ether oxygens (including phenoxy) is 2. The molecule has 7 atom stereocenters. The van der Waals surface area contributed by atoms with Gasteiger partial charge in [-0.15, -0.1) is 6.58 Å². The zero-order valence-electron chi connectivity index (χ0n) is 14.0. The van der Waals surface area contributed by atoms with E-state index in [0.29, 0.717) is 5.57 Å². The molecular weight excluding hydrogens is 292 g/mol. The first-order valence-corrected chi connectivity index (χ1v) is 8.17. The Hall–Kier alpha value is -1.68. The van der Waals surface area contributed by atoms with E-state index >= 15 is 0 Å². The summed E-state index contributed by atoms with van der Waals surface area (Å²) >= 11 is 0. The molecule has 4 heteroatoms. The second-order valence-corrected chi connectivity index (χ2v) is 7.72. The van der Waals surface area contributed by atoms with E-state index in [0.717, 1.165) is 0 Å². The van der Waals surface area contributed by atoms with Crippen molar-refractivity contribution < 1.29 is 19.1 Å². The summed E-state index contributed by atoms with van der Waals surface area (Å²) < 4.78 is 12.1. The Kier molecular flexibility index (Phi) is 2.62. The van der Waals surface area contributed by atoms with Crippen molar-refractivity contribution in [2.45, 2.75) is 45.5 Å². The first-order chi connectivity index (χ1) is 10.8. The Labute approximate surface area is 136 Å². The number of hydrogen-bond donors (Lipinski definition) is 0. The molecule has 0 amide bonds. The average Bonchev–Trinajstić information content (AvgIpc) is 2.97. The molecule has 2 aliphatic carbocycles. The molecular formula is C19H22O4. The van der Waals surface area contributed by atoms with Gasteiger partial charge in [-0.3, -0.25) is 4.79 Å². The van der Waals surface area contributed by atoms with E-state index in [4.69, 9.17) is 9.47 Å². The van der Waals surface area contributed by atoms with Gasteiger partial charge in [0, 0.05) is 17.3 Å². The van der Waals surface area contributed by atoms with E-state index in [1.807, 2.05) is 32.9 Å². The lowest BCUT2D eigenvalue weighted by Gasteiger charge is -2.43. The number of hydrogen-bond acceptors (Lipinski definition) is 4. The van der Waals surface area contributed by atoms with Gasteiger partial charge in [0.25, 0.3) is 0 Å². The molecule has 122 valence electrons. The highest BCUT2D eigenvalue weighted by Gasteiger charge is 2.79. The lowest BCUT2D eigenvalue weighted by Crippen LogP contribution is -2.51. The van der Waals surface area contributed by atoms with E-state index in [2.05, 4.69) is 13.5 Å². The summed E-state index contributed by atoms with van der Waals surface area (Å²) in [6.07, 6.45) is 6.56. The number of ketones is 1. The Balaban J connectivity index is 1.95. The molecule has 0 spiro atoms. The molecule has 4 aliphatic rings. The zero-order valence-corrected chi connectivity index (χ0v) is 14.0. The van der Waals surface area contributed by atoms with E-state index < -0.39 is 11.0 Å². The van der Waals surface area contributed by atoms with Crippen LogP contribution in [0, 0.1) is 22.7 Å². The van der Waals surface area contributed by atoms with Crippen molar-refractivity contribution in [2.75, 3.05) is 0 Å². The molecule has 2 bridgehead atoms. The molecule has 0 aromatic carbocycles. The Bertz CT molecular complexity index is 704. The molecule has 3 fully saturated rings. The highest BCUT2D eigenvalue weighted by Crippen LogP contribution is 2.72. The largest absolute Gasteiger partial charge is 0.455 e. The molecule has 0 aromatic heterocycles. The maximum absolute atomic E-state index is 12.8. The summed E-state index contributed by atoms with van der Waals surface area (Å²) in [7, 11) is 0. The minimum atomic E-state index is -0.696. The molecule has 4 nitrogen and oxygen atoms in total. The van der Waals surface area contributed by atoms with Crippen LogP contribution in [0.3, 0.4) is 0 Å². The first-order valence-electron chi connectivity index (χ1n) is 8.17. The molecule has 0 radical (unpaired) electrons. The SMILES string of the molecule is C=C[C@@H]1[C@@]2(C)C=CC(=O)[C@]1(C)[C@@]1(C)O[C@H]3/C(=C\C)C(=O)O[C@H]3[C@@H]21. The lowest BCUT2D eigenvalue weighted by atomic mass is 9.62. The fraction of sp³-hybridized carbons (Fsp3) is 0.579. The monoisotopic (exact) mass is 314 g/mol. The molecule has 2 heterocycles. The van der Waals surface area contributed by atoms with Crippen LogP contribution in [0.5, 0.6) is 0 Å². The first kappa shape index (κ1) is 14.9. The van der Waals surface area contributed by atoms with Gasteiger partial charge in [-0.2, -0.15) is 0 Å². The normalized spacial score (nSPS) is 55.0. The van der Waals surface area contributed by atoms with Crippen LogP contribution in [0.2, 0.25) is 0 Å². The minimum absolute atomic E-state index is 0.0446. The fourth-order valence-electron chi connectivity index (χ4n) is 5.89. The average molecular weight is 314 g/mol. The molecule has 0 unspecified atom stereocenters. The second-order valence-electron chi connectivity index (χ2n) is 7.72. The summed E-state index contributed by atoms with van der Waals surface area (Å²) in [6, 6.07) is 0. The van der Waals surface area contributed by atoms with Crippen LogP contribution in [0.15, 0.2) is 36.5 Å². The molecule has 23 heavy (non-hydrogen) atoms. The quantitative estimate of drug-likeness (QED) is 0.424. The summed E-state index contributed by atoms with van der Waals surface area (Å²) in [6.45, 7) is 11.9. The number of carbonyl (C=O) groups is 2. The summed E-state index contributed by atoms with van der Waals surface area (Å²) in [5.74, 6) is -0.350. The zero-order chi connectivity index (χ0) is 16.8. The van der Waals surface area contributed by atoms with Crippen molar-refractivity contribution >= 4 is 11.8 Å².